The molecule has 0 spiro atoms. The van der Waals surface area contributed by atoms with Gasteiger partial charge in [-0.25, -0.2) is 15.5 Å². The fraction of sp³-hybridized carbons (Fsp3) is 0. The number of nitrogen functional groups attached to an aromatic ring is 2. The SMILES string of the molecule is N#Cc1cc2c(C(=O)NN)nn(-c3ccccc3)c2nc1N. The largest absolute Gasteiger partial charge is 0.383 e. The number of benzene rings is 1. The molecule has 0 aliphatic rings. The van der Waals surface area contributed by atoms with Crippen molar-refractivity contribution >= 4 is 22.8 Å². The first-order chi connectivity index (χ1) is 10.7. The zero-order valence-electron chi connectivity index (χ0n) is 11.3. The number of hydrazine groups is 1. The lowest BCUT2D eigenvalue weighted by molar-refractivity contribution is 0.0950. The Morgan fingerprint density at radius 3 is 2.68 bits per heavy atom. The minimum Gasteiger partial charge on any atom is -0.383 e. The van der Waals surface area contributed by atoms with E-state index in [0.29, 0.717) is 16.7 Å². The number of anilines is 1. The van der Waals surface area contributed by atoms with E-state index in [9.17, 15) is 4.79 Å². The summed E-state index contributed by atoms with van der Waals surface area (Å²) in [5.41, 5.74) is 9.13. The molecule has 22 heavy (non-hydrogen) atoms. The van der Waals surface area contributed by atoms with Crippen molar-refractivity contribution in [2.45, 2.75) is 0 Å². The first-order valence-electron chi connectivity index (χ1n) is 6.31. The van der Waals surface area contributed by atoms with Crippen molar-refractivity contribution < 1.29 is 4.79 Å². The van der Waals surface area contributed by atoms with Gasteiger partial charge in [-0.2, -0.15) is 10.4 Å². The number of hydrogen-bond acceptors (Lipinski definition) is 6. The van der Waals surface area contributed by atoms with Crippen LogP contribution in [0.15, 0.2) is 36.4 Å². The Kier molecular flexibility index (Phi) is 3.17. The quantitative estimate of drug-likeness (QED) is 0.357. The van der Waals surface area contributed by atoms with Crippen LogP contribution < -0.4 is 17.0 Å². The summed E-state index contributed by atoms with van der Waals surface area (Å²) in [7, 11) is 0. The number of aromatic nitrogens is 3. The van der Waals surface area contributed by atoms with Crippen LogP contribution in [0.4, 0.5) is 5.82 Å². The zero-order chi connectivity index (χ0) is 15.7. The van der Waals surface area contributed by atoms with Gasteiger partial charge in [0.15, 0.2) is 11.3 Å². The summed E-state index contributed by atoms with van der Waals surface area (Å²) in [5, 5.41) is 13.7. The van der Waals surface area contributed by atoms with E-state index in [1.807, 2.05) is 41.8 Å². The topological polar surface area (TPSA) is 136 Å². The number of nitrogens with one attached hydrogen (secondary N) is 1. The fourth-order valence-electron chi connectivity index (χ4n) is 2.13. The minimum atomic E-state index is -0.574. The lowest BCUT2D eigenvalue weighted by Crippen LogP contribution is -2.30. The second kappa shape index (κ2) is 5.16. The Morgan fingerprint density at radius 2 is 2.05 bits per heavy atom. The Hall–Kier alpha value is -3.44. The first kappa shape index (κ1) is 13.5. The monoisotopic (exact) mass is 293 g/mol. The van der Waals surface area contributed by atoms with Crippen molar-refractivity contribution in [3.63, 3.8) is 0 Å². The van der Waals surface area contributed by atoms with Gasteiger partial charge in [0, 0.05) is 0 Å². The molecule has 0 atom stereocenters. The van der Waals surface area contributed by atoms with Crippen molar-refractivity contribution in [2.75, 3.05) is 5.73 Å². The normalized spacial score (nSPS) is 10.4. The Bertz CT molecular complexity index is 908. The van der Waals surface area contributed by atoms with E-state index < -0.39 is 5.91 Å². The van der Waals surface area contributed by atoms with Crippen LogP contribution in [-0.2, 0) is 0 Å². The predicted molar refractivity (Wildman–Crippen MR) is 79.6 cm³/mol. The zero-order valence-corrected chi connectivity index (χ0v) is 11.3. The Balaban J connectivity index is 2.37. The molecule has 8 heteroatoms. The van der Waals surface area contributed by atoms with Crippen molar-refractivity contribution in [3.05, 3.63) is 47.7 Å². The van der Waals surface area contributed by atoms with E-state index in [0.717, 1.165) is 0 Å². The molecule has 0 fully saturated rings. The maximum atomic E-state index is 11.9. The van der Waals surface area contributed by atoms with Crippen molar-refractivity contribution in [1.82, 2.24) is 20.2 Å². The van der Waals surface area contributed by atoms with Gasteiger partial charge < -0.3 is 5.73 Å². The van der Waals surface area contributed by atoms with E-state index in [1.54, 1.807) is 0 Å². The van der Waals surface area contributed by atoms with Crippen molar-refractivity contribution in [3.8, 4) is 11.8 Å². The third-order valence-corrected chi connectivity index (χ3v) is 3.16. The number of fused-ring (bicyclic) bond motifs is 1. The van der Waals surface area contributed by atoms with Gasteiger partial charge >= 0.3 is 0 Å². The number of rotatable bonds is 2. The molecule has 0 saturated carbocycles. The van der Waals surface area contributed by atoms with Gasteiger partial charge in [0.1, 0.15) is 11.9 Å². The maximum Gasteiger partial charge on any atom is 0.286 e. The van der Waals surface area contributed by atoms with Crippen LogP contribution in [0.3, 0.4) is 0 Å². The number of carbonyl (C=O) groups is 1. The number of nitrogens with two attached hydrogens (primary N) is 2. The van der Waals surface area contributed by atoms with Crippen LogP contribution in [0.5, 0.6) is 0 Å². The van der Waals surface area contributed by atoms with Crippen LogP contribution in [0.25, 0.3) is 16.7 Å². The molecule has 0 bridgehead atoms. The molecule has 2 heterocycles. The van der Waals surface area contributed by atoms with Gasteiger partial charge in [-0.1, -0.05) is 18.2 Å². The summed E-state index contributed by atoms with van der Waals surface area (Å²) in [5.74, 6) is 4.69. The Labute approximate surface area is 124 Å². The highest BCUT2D eigenvalue weighted by atomic mass is 16.2. The number of carbonyl (C=O) groups excluding carboxylic acids is 1. The predicted octanol–water partition coefficient (Wildman–Crippen LogP) is 0.478. The van der Waals surface area contributed by atoms with Gasteiger partial charge in [0.25, 0.3) is 5.91 Å². The number of para-hydroxylation sites is 1. The highest BCUT2D eigenvalue weighted by Gasteiger charge is 2.20. The van der Waals surface area contributed by atoms with E-state index in [2.05, 4.69) is 10.1 Å². The van der Waals surface area contributed by atoms with E-state index >= 15 is 0 Å². The molecule has 5 N–H and O–H groups in total. The van der Waals surface area contributed by atoms with Crippen LogP contribution in [0.1, 0.15) is 16.1 Å². The molecule has 1 amide bonds. The molecule has 2 aromatic heterocycles. The molecular weight excluding hydrogens is 282 g/mol. The number of pyridine rings is 1. The highest BCUT2D eigenvalue weighted by molar-refractivity contribution is 6.04. The molecule has 0 radical (unpaired) electrons. The van der Waals surface area contributed by atoms with E-state index in [1.165, 1.54) is 10.7 Å². The average molecular weight is 293 g/mol. The molecular formula is C14H11N7O. The van der Waals surface area contributed by atoms with E-state index in [4.69, 9.17) is 16.8 Å². The average Bonchev–Trinajstić information content (AvgIpc) is 2.92. The fourth-order valence-corrected chi connectivity index (χ4v) is 2.13. The van der Waals surface area contributed by atoms with Gasteiger partial charge in [0.05, 0.1) is 16.6 Å². The summed E-state index contributed by atoms with van der Waals surface area (Å²) in [6.45, 7) is 0. The minimum absolute atomic E-state index is 0.0744. The highest BCUT2D eigenvalue weighted by Crippen LogP contribution is 2.24. The second-order valence-electron chi connectivity index (χ2n) is 4.47. The molecule has 0 unspecified atom stereocenters. The summed E-state index contributed by atoms with van der Waals surface area (Å²) in [6.07, 6.45) is 0. The van der Waals surface area contributed by atoms with Gasteiger partial charge in [-0.15, -0.1) is 0 Å². The molecule has 3 rings (SSSR count). The first-order valence-corrected chi connectivity index (χ1v) is 6.31. The summed E-state index contributed by atoms with van der Waals surface area (Å²) < 4.78 is 1.48. The van der Waals surface area contributed by atoms with E-state index in [-0.39, 0.29) is 17.1 Å². The van der Waals surface area contributed by atoms with Gasteiger partial charge in [-0.3, -0.25) is 10.2 Å². The lowest BCUT2D eigenvalue weighted by Gasteiger charge is -2.03. The smallest absolute Gasteiger partial charge is 0.286 e. The number of nitriles is 1. The summed E-state index contributed by atoms with van der Waals surface area (Å²) in [4.78, 5) is 16.1. The van der Waals surface area contributed by atoms with Gasteiger partial charge in [0.2, 0.25) is 0 Å². The number of amides is 1. The molecule has 1 aromatic carbocycles. The standard InChI is InChI=1S/C14H11N7O/c15-7-8-6-10-11(14(22)19-17)20-21(13(10)18-12(8)16)9-4-2-1-3-5-9/h1-6H,17H2,(H2,16,18)(H,19,22). The second-order valence-corrected chi connectivity index (χ2v) is 4.47. The van der Waals surface area contributed by atoms with Crippen LogP contribution in [-0.4, -0.2) is 20.7 Å². The lowest BCUT2D eigenvalue weighted by atomic mass is 10.2. The molecule has 0 aliphatic heterocycles. The number of nitrogens with zero attached hydrogens (tertiary/aromatic N) is 4. The molecule has 3 aromatic rings. The third kappa shape index (κ3) is 2.02. The third-order valence-electron chi connectivity index (χ3n) is 3.16. The van der Waals surface area contributed by atoms with Crippen LogP contribution >= 0.6 is 0 Å². The summed E-state index contributed by atoms with van der Waals surface area (Å²) >= 11 is 0. The van der Waals surface area contributed by atoms with Crippen LogP contribution in [0, 0.1) is 11.3 Å². The molecule has 108 valence electrons. The Morgan fingerprint density at radius 1 is 1.32 bits per heavy atom. The summed E-state index contributed by atoms with van der Waals surface area (Å²) in [6, 6.07) is 12.6. The molecule has 8 nitrogen and oxygen atoms in total. The van der Waals surface area contributed by atoms with Crippen molar-refractivity contribution in [1.29, 1.82) is 5.26 Å². The number of hydrogen-bond donors (Lipinski definition) is 3. The van der Waals surface area contributed by atoms with Crippen LogP contribution in [0.2, 0.25) is 0 Å². The maximum absolute atomic E-state index is 11.9. The molecule has 0 aliphatic carbocycles. The van der Waals surface area contributed by atoms with Gasteiger partial charge in [-0.05, 0) is 18.2 Å². The molecule has 0 saturated heterocycles. The van der Waals surface area contributed by atoms with Crippen molar-refractivity contribution in [2.24, 2.45) is 5.84 Å².